The fraction of sp³-hybridized carbons (Fsp3) is 0.263. The fourth-order valence-corrected chi connectivity index (χ4v) is 2.76. The van der Waals surface area contributed by atoms with E-state index in [9.17, 15) is 18.4 Å². The van der Waals surface area contributed by atoms with Gasteiger partial charge in [0.15, 0.2) is 0 Å². The highest BCUT2D eigenvalue weighted by atomic mass is 35.5. The molecule has 0 fully saturated rings. The summed E-state index contributed by atoms with van der Waals surface area (Å²) >= 11 is 5.99. The van der Waals surface area contributed by atoms with Crippen molar-refractivity contribution in [3.05, 3.63) is 70.2 Å². The van der Waals surface area contributed by atoms with Gasteiger partial charge in [-0.1, -0.05) is 29.8 Å². The van der Waals surface area contributed by atoms with Crippen LogP contribution in [0.3, 0.4) is 0 Å². The van der Waals surface area contributed by atoms with Crippen LogP contribution in [0.15, 0.2) is 42.5 Å². The molecule has 0 saturated carbocycles. The van der Waals surface area contributed by atoms with Crippen LogP contribution in [0.4, 0.5) is 8.78 Å². The summed E-state index contributed by atoms with van der Waals surface area (Å²) in [6, 6.07) is 9.00. The molecule has 0 aromatic heterocycles. The minimum atomic E-state index is -0.789. The summed E-state index contributed by atoms with van der Waals surface area (Å²) in [6.45, 7) is 1.66. The maximum absolute atomic E-state index is 14.0. The molecule has 0 bridgehead atoms. The highest BCUT2D eigenvalue weighted by Crippen LogP contribution is 2.21. The summed E-state index contributed by atoms with van der Waals surface area (Å²) in [4.78, 5) is 26.1. The minimum absolute atomic E-state index is 0.0763. The zero-order valence-electron chi connectivity index (χ0n) is 14.4. The summed E-state index contributed by atoms with van der Waals surface area (Å²) < 4.78 is 27.1. The number of carbonyl (C=O) groups excluding carboxylic acids is 2. The average molecular weight is 381 g/mol. The zero-order valence-corrected chi connectivity index (χ0v) is 15.2. The van der Waals surface area contributed by atoms with Gasteiger partial charge < -0.3 is 10.2 Å². The van der Waals surface area contributed by atoms with Crippen LogP contribution >= 0.6 is 11.6 Å². The highest BCUT2D eigenvalue weighted by Gasteiger charge is 2.26. The number of nitrogens with one attached hydrogen (secondary N) is 1. The Kier molecular flexibility index (Phi) is 6.69. The average Bonchev–Trinajstić information content (AvgIpc) is 2.63. The SMILES string of the molecule is CNC(=O)C(C)N(Cc1ccc(F)cc1)C(=O)Cc1c(F)cccc1Cl. The molecular formula is C19H19ClF2N2O2. The lowest BCUT2D eigenvalue weighted by molar-refractivity contribution is -0.139. The Morgan fingerprint density at radius 2 is 1.81 bits per heavy atom. The van der Waals surface area contributed by atoms with E-state index >= 15 is 0 Å². The van der Waals surface area contributed by atoms with Crippen molar-refractivity contribution in [1.82, 2.24) is 10.2 Å². The molecule has 0 aliphatic carbocycles. The molecule has 0 aliphatic heterocycles. The lowest BCUT2D eigenvalue weighted by Crippen LogP contribution is -2.47. The fourth-order valence-electron chi connectivity index (χ4n) is 2.53. The van der Waals surface area contributed by atoms with Gasteiger partial charge in [-0.15, -0.1) is 0 Å². The van der Waals surface area contributed by atoms with Gasteiger partial charge in [0, 0.05) is 24.2 Å². The van der Waals surface area contributed by atoms with E-state index in [0.29, 0.717) is 5.56 Å². The van der Waals surface area contributed by atoms with Gasteiger partial charge >= 0.3 is 0 Å². The third-order valence-electron chi connectivity index (χ3n) is 4.07. The van der Waals surface area contributed by atoms with Crippen LogP contribution in [0.2, 0.25) is 5.02 Å². The first kappa shape index (κ1) is 19.8. The first-order chi connectivity index (χ1) is 12.3. The maximum atomic E-state index is 14.0. The number of hydrogen-bond acceptors (Lipinski definition) is 2. The molecule has 2 amide bonds. The van der Waals surface area contributed by atoms with E-state index in [1.165, 1.54) is 54.4 Å². The van der Waals surface area contributed by atoms with Gasteiger partial charge in [-0.3, -0.25) is 9.59 Å². The zero-order chi connectivity index (χ0) is 19.3. The van der Waals surface area contributed by atoms with Crippen molar-refractivity contribution in [1.29, 1.82) is 0 Å². The smallest absolute Gasteiger partial charge is 0.242 e. The van der Waals surface area contributed by atoms with Crippen LogP contribution in [0.1, 0.15) is 18.1 Å². The van der Waals surface area contributed by atoms with Crippen LogP contribution in [0.5, 0.6) is 0 Å². The van der Waals surface area contributed by atoms with Gasteiger partial charge in [-0.2, -0.15) is 0 Å². The summed E-state index contributed by atoms with van der Waals surface area (Å²) in [5, 5.41) is 2.63. The van der Waals surface area contributed by atoms with Crippen molar-refractivity contribution in [3.8, 4) is 0 Å². The maximum Gasteiger partial charge on any atom is 0.242 e. The first-order valence-corrected chi connectivity index (χ1v) is 8.39. The van der Waals surface area contributed by atoms with Crippen molar-refractivity contribution in [3.63, 3.8) is 0 Å². The van der Waals surface area contributed by atoms with Crippen LogP contribution in [-0.2, 0) is 22.6 Å². The molecule has 1 N–H and O–H groups in total. The van der Waals surface area contributed by atoms with E-state index in [2.05, 4.69) is 5.32 Å². The molecule has 4 nitrogen and oxygen atoms in total. The molecular weight excluding hydrogens is 362 g/mol. The van der Waals surface area contributed by atoms with Gasteiger partial charge in [-0.25, -0.2) is 8.78 Å². The van der Waals surface area contributed by atoms with Gasteiger partial charge in [0.05, 0.1) is 6.42 Å². The van der Waals surface area contributed by atoms with E-state index in [-0.39, 0.29) is 29.5 Å². The first-order valence-electron chi connectivity index (χ1n) is 8.02. The van der Waals surface area contributed by atoms with E-state index < -0.39 is 23.6 Å². The lowest BCUT2D eigenvalue weighted by atomic mass is 10.1. The number of halogens is 3. The molecule has 0 saturated heterocycles. The molecule has 2 rings (SSSR count). The van der Waals surface area contributed by atoms with E-state index in [0.717, 1.165) is 0 Å². The molecule has 2 aromatic rings. The molecule has 1 unspecified atom stereocenters. The Morgan fingerprint density at radius 3 is 2.38 bits per heavy atom. The summed E-state index contributed by atoms with van der Waals surface area (Å²) in [6.07, 6.45) is -0.284. The highest BCUT2D eigenvalue weighted by molar-refractivity contribution is 6.31. The Labute approximate surface area is 155 Å². The Balaban J connectivity index is 2.28. The monoisotopic (exact) mass is 380 g/mol. The predicted molar refractivity (Wildman–Crippen MR) is 95.6 cm³/mol. The largest absolute Gasteiger partial charge is 0.357 e. The molecule has 2 aromatic carbocycles. The molecule has 0 heterocycles. The van der Waals surface area contributed by atoms with Gasteiger partial charge in [0.2, 0.25) is 11.8 Å². The third kappa shape index (κ3) is 4.79. The van der Waals surface area contributed by atoms with Crippen molar-refractivity contribution < 1.29 is 18.4 Å². The Hall–Kier alpha value is -2.47. The standard InChI is InChI=1S/C19H19ClF2N2O2/c1-12(19(26)23-2)24(11-13-6-8-14(21)9-7-13)18(25)10-15-16(20)4-3-5-17(15)22/h3-9,12H,10-11H2,1-2H3,(H,23,26). The Bertz CT molecular complexity index is 776. The number of hydrogen-bond donors (Lipinski definition) is 1. The van der Waals surface area contributed by atoms with Crippen molar-refractivity contribution >= 4 is 23.4 Å². The van der Waals surface area contributed by atoms with Gasteiger partial charge in [0.1, 0.15) is 17.7 Å². The second-order valence-electron chi connectivity index (χ2n) is 5.82. The van der Waals surface area contributed by atoms with Crippen LogP contribution in [0.25, 0.3) is 0 Å². The van der Waals surface area contributed by atoms with Crippen LogP contribution in [0, 0.1) is 11.6 Å². The molecule has 138 valence electrons. The number of amides is 2. The van der Waals surface area contributed by atoms with Crippen LogP contribution in [-0.4, -0.2) is 29.8 Å². The number of carbonyl (C=O) groups is 2. The minimum Gasteiger partial charge on any atom is -0.357 e. The van der Waals surface area contributed by atoms with Crippen LogP contribution < -0.4 is 5.32 Å². The second-order valence-corrected chi connectivity index (χ2v) is 6.22. The van der Waals surface area contributed by atoms with Gasteiger partial charge in [-0.05, 0) is 36.8 Å². The van der Waals surface area contributed by atoms with E-state index in [1.54, 1.807) is 6.92 Å². The summed E-state index contributed by atoms with van der Waals surface area (Å²) in [5.74, 6) is -1.80. The lowest BCUT2D eigenvalue weighted by Gasteiger charge is -2.28. The molecule has 1 atom stereocenters. The second kappa shape index (κ2) is 8.76. The topological polar surface area (TPSA) is 49.4 Å². The third-order valence-corrected chi connectivity index (χ3v) is 4.42. The number of rotatable bonds is 6. The molecule has 0 aliphatic rings. The quantitative estimate of drug-likeness (QED) is 0.835. The van der Waals surface area contributed by atoms with Crippen molar-refractivity contribution in [2.24, 2.45) is 0 Å². The molecule has 7 heteroatoms. The van der Waals surface area contributed by atoms with E-state index in [1.807, 2.05) is 0 Å². The molecule has 0 spiro atoms. The normalized spacial score (nSPS) is 11.7. The van der Waals surface area contributed by atoms with Crippen molar-refractivity contribution in [2.75, 3.05) is 7.05 Å². The van der Waals surface area contributed by atoms with E-state index in [4.69, 9.17) is 11.6 Å². The van der Waals surface area contributed by atoms with Gasteiger partial charge in [0.25, 0.3) is 0 Å². The Morgan fingerprint density at radius 1 is 1.15 bits per heavy atom. The number of benzene rings is 2. The molecule has 26 heavy (non-hydrogen) atoms. The number of likely N-dealkylation sites (N-methyl/N-ethyl adjacent to an activating group) is 1. The summed E-state index contributed by atoms with van der Waals surface area (Å²) in [7, 11) is 1.47. The predicted octanol–water partition coefficient (Wildman–Crippen LogP) is 3.32. The number of nitrogens with zero attached hydrogens (tertiary/aromatic N) is 1. The van der Waals surface area contributed by atoms with Crippen molar-refractivity contribution in [2.45, 2.75) is 25.9 Å². The molecule has 0 radical (unpaired) electrons. The summed E-state index contributed by atoms with van der Waals surface area (Å²) in [5.41, 5.74) is 0.725.